The largest absolute Gasteiger partial charge is 0.493 e. The Hall–Kier alpha value is -3.17. The summed E-state index contributed by atoms with van der Waals surface area (Å²) in [5.41, 5.74) is 1.60. The van der Waals surface area contributed by atoms with Crippen LogP contribution in [0.3, 0.4) is 0 Å². The fraction of sp³-hybridized carbons (Fsp3) is 0.375. The Kier molecular flexibility index (Phi) is 6.41. The maximum Gasteiger partial charge on any atom is 0.254 e. The number of hydrogen-bond acceptors (Lipinski definition) is 5. The van der Waals surface area contributed by atoms with Crippen LogP contribution in [0.4, 0.5) is 0 Å². The van der Waals surface area contributed by atoms with Gasteiger partial charge in [-0.05, 0) is 48.7 Å². The van der Waals surface area contributed by atoms with E-state index in [1.165, 1.54) is 0 Å². The average Bonchev–Trinajstić information content (AvgIpc) is 3.45. The summed E-state index contributed by atoms with van der Waals surface area (Å²) < 4.78 is 22.2. The number of carbonyl (C=O) groups is 1. The number of nitrogens with zero attached hydrogens (tertiary/aromatic N) is 1. The summed E-state index contributed by atoms with van der Waals surface area (Å²) in [6.07, 6.45) is 7.88. The van der Waals surface area contributed by atoms with Gasteiger partial charge >= 0.3 is 0 Å². The highest BCUT2D eigenvalue weighted by Gasteiger charge is 2.25. The highest BCUT2D eigenvalue weighted by atomic mass is 16.7. The van der Waals surface area contributed by atoms with E-state index >= 15 is 0 Å². The van der Waals surface area contributed by atoms with Gasteiger partial charge in [0.15, 0.2) is 11.5 Å². The van der Waals surface area contributed by atoms with E-state index in [2.05, 4.69) is 5.92 Å². The number of ether oxygens (including phenoxy) is 4. The molecule has 0 spiro atoms. The van der Waals surface area contributed by atoms with E-state index in [0.717, 1.165) is 30.8 Å². The van der Waals surface area contributed by atoms with Crippen LogP contribution in [-0.4, -0.2) is 43.5 Å². The molecular weight excluding hydrogens is 382 g/mol. The van der Waals surface area contributed by atoms with Gasteiger partial charge in [-0.15, -0.1) is 12.3 Å². The van der Waals surface area contributed by atoms with Crippen LogP contribution in [-0.2, 0) is 11.3 Å². The Bertz CT molecular complexity index is 912. The van der Waals surface area contributed by atoms with Gasteiger partial charge in [-0.1, -0.05) is 12.1 Å². The van der Waals surface area contributed by atoms with Crippen LogP contribution in [0.25, 0.3) is 0 Å². The maximum atomic E-state index is 13.3. The number of rotatable bonds is 8. The van der Waals surface area contributed by atoms with Crippen molar-refractivity contribution in [2.75, 3.05) is 26.6 Å². The third-order valence-corrected chi connectivity index (χ3v) is 5.17. The van der Waals surface area contributed by atoms with Crippen LogP contribution in [0.2, 0.25) is 0 Å². The monoisotopic (exact) mass is 407 g/mol. The first kappa shape index (κ1) is 20.1. The first-order valence-corrected chi connectivity index (χ1v) is 10.2. The molecule has 6 heteroatoms. The van der Waals surface area contributed by atoms with E-state index in [1.807, 2.05) is 29.2 Å². The van der Waals surface area contributed by atoms with Crippen LogP contribution < -0.4 is 14.2 Å². The van der Waals surface area contributed by atoms with Crippen LogP contribution >= 0.6 is 0 Å². The lowest BCUT2D eigenvalue weighted by Crippen LogP contribution is -2.37. The van der Waals surface area contributed by atoms with E-state index < -0.39 is 0 Å². The zero-order valence-electron chi connectivity index (χ0n) is 16.8. The van der Waals surface area contributed by atoms with Crippen LogP contribution in [0.5, 0.6) is 17.2 Å². The van der Waals surface area contributed by atoms with Gasteiger partial charge in [0.25, 0.3) is 5.91 Å². The molecular formula is C24H25NO5. The molecule has 0 N–H and O–H groups in total. The van der Waals surface area contributed by atoms with Crippen molar-refractivity contribution in [3.8, 4) is 29.6 Å². The fourth-order valence-electron chi connectivity index (χ4n) is 3.60. The minimum atomic E-state index is -0.0573. The highest BCUT2D eigenvalue weighted by Crippen LogP contribution is 2.33. The normalized spacial score (nSPS) is 16.8. The first-order chi connectivity index (χ1) is 14.7. The zero-order valence-corrected chi connectivity index (χ0v) is 16.8. The molecule has 0 unspecified atom stereocenters. The van der Waals surface area contributed by atoms with Gasteiger partial charge in [-0.2, -0.15) is 0 Å². The van der Waals surface area contributed by atoms with Crippen molar-refractivity contribution in [3.63, 3.8) is 0 Å². The number of benzene rings is 2. The fourth-order valence-corrected chi connectivity index (χ4v) is 3.60. The molecule has 2 aliphatic heterocycles. The van der Waals surface area contributed by atoms with Crippen molar-refractivity contribution >= 4 is 5.91 Å². The molecule has 2 aromatic carbocycles. The van der Waals surface area contributed by atoms with Crippen LogP contribution in [0.1, 0.15) is 35.2 Å². The van der Waals surface area contributed by atoms with E-state index in [4.69, 9.17) is 25.4 Å². The van der Waals surface area contributed by atoms with Crippen molar-refractivity contribution < 1.29 is 23.7 Å². The molecule has 2 aromatic rings. The van der Waals surface area contributed by atoms with Gasteiger partial charge in [-0.25, -0.2) is 0 Å². The minimum Gasteiger partial charge on any atom is -0.493 e. The quantitative estimate of drug-likeness (QED) is 0.494. The lowest BCUT2D eigenvalue weighted by Gasteiger charge is -2.26. The molecule has 1 saturated heterocycles. The second kappa shape index (κ2) is 9.55. The third kappa shape index (κ3) is 4.87. The van der Waals surface area contributed by atoms with Crippen LogP contribution in [0.15, 0.2) is 42.5 Å². The van der Waals surface area contributed by atoms with E-state index in [9.17, 15) is 4.79 Å². The minimum absolute atomic E-state index is 0.0573. The Morgan fingerprint density at radius 3 is 2.77 bits per heavy atom. The van der Waals surface area contributed by atoms with Gasteiger partial charge in [0.1, 0.15) is 5.75 Å². The molecule has 0 aromatic heterocycles. The van der Waals surface area contributed by atoms with Gasteiger partial charge in [-0.3, -0.25) is 4.79 Å². The summed E-state index contributed by atoms with van der Waals surface area (Å²) in [7, 11) is 0. The maximum absolute atomic E-state index is 13.3. The molecule has 4 rings (SSSR count). The molecule has 0 bridgehead atoms. The van der Waals surface area contributed by atoms with Gasteiger partial charge in [0.2, 0.25) is 6.79 Å². The summed E-state index contributed by atoms with van der Waals surface area (Å²) in [6, 6.07) is 13.1. The molecule has 1 amide bonds. The van der Waals surface area contributed by atoms with Crippen molar-refractivity contribution in [2.24, 2.45) is 0 Å². The molecule has 2 heterocycles. The van der Waals surface area contributed by atoms with E-state index in [1.54, 1.807) is 18.2 Å². The summed E-state index contributed by atoms with van der Waals surface area (Å²) in [4.78, 5) is 15.1. The molecule has 6 nitrogen and oxygen atoms in total. The molecule has 0 radical (unpaired) electrons. The number of amides is 1. The second-order valence-electron chi connectivity index (χ2n) is 7.34. The van der Waals surface area contributed by atoms with Gasteiger partial charge < -0.3 is 23.8 Å². The van der Waals surface area contributed by atoms with Crippen LogP contribution in [0, 0.1) is 12.3 Å². The van der Waals surface area contributed by atoms with Crippen molar-refractivity contribution in [3.05, 3.63) is 53.6 Å². The molecule has 156 valence electrons. The molecule has 1 fully saturated rings. The smallest absolute Gasteiger partial charge is 0.254 e. The SMILES string of the molecule is C#CCCOc1ccc(CN(C[C@@H]2CCCO2)C(=O)c2ccc3c(c2)OCO3)cc1. The second-order valence-corrected chi connectivity index (χ2v) is 7.34. The first-order valence-electron chi connectivity index (χ1n) is 10.2. The summed E-state index contributed by atoms with van der Waals surface area (Å²) in [6.45, 7) is 2.46. The Labute approximate surface area is 176 Å². The summed E-state index contributed by atoms with van der Waals surface area (Å²) >= 11 is 0. The summed E-state index contributed by atoms with van der Waals surface area (Å²) in [5.74, 6) is 4.53. The predicted molar refractivity (Wildman–Crippen MR) is 112 cm³/mol. The lowest BCUT2D eigenvalue weighted by atomic mass is 10.1. The Balaban J connectivity index is 1.48. The molecule has 30 heavy (non-hydrogen) atoms. The molecule has 0 saturated carbocycles. The standard InChI is InChI=1S/C24H25NO5/c1-2-3-12-27-20-9-6-18(7-10-20)15-25(16-21-5-4-13-28-21)24(26)19-8-11-22-23(14-19)30-17-29-22/h1,6-11,14,21H,3-5,12-13,15-17H2/t21-/m0/s1. The van der Waals surface area contributed by atoms with Crippen molar-refractivity contribution in [2.45, 2.75) is 31.9 Å². The molecule has 0 aliphatic carbocycles. The summed E-state index contributed by atoms with van der Waals surface area (Å²) in [5, 5.41) is 0. The Morgan fingerprint density at radius 1 is 1.17 bits per heavy atom. The number of hydrogen-bond donors (Lipinski definition) is 0. The topological polar surface area (TPSA) is 57.2 Å². The number of carbonyl (C=O) groups excluding carboxylic acids is 1. The lowest BCUT2D eigenvalue weighted by molar-refractivity contribution is 0.0507. The van der Waals surface area contributed by atoms with E-state index in [-0.39, 0.29) is 18.8 Å². The zero-order chi connectivity index (χ0) is 20.8. The van der Waals surface area contributed by atoms with Crippen molar-refractivity contribution in [1.82, 2.24) is 4.90 Å². The van der Waals surface area contributed by atoms with Gasteiger partial charge in [0.05, 0.1) is 12.7 Å². The average molecular weight is 407 g/mol. The predicted octanol–water partition coefficient (Wildman–Crippen LogP) is 3.64. The van der Waals surface area contributed by atoms with Gasteiger partial charge in [0, 0.05) is 31.7 Å². The Morgan fingerprint density at radius 2 is 2.00 bits per heavy atom. The van der Waals surface area contributed by atoms with Crippen molar-refractivity contribution in [1.29, 1.82) is 0 Å². The third-order valence-electron chi connectivity index (χ3n) is 5.17. The van der Waals surface area contributed by atoms with E-state index in [0.29, 0.717) is 43.2 Å². The number of fused-ring (bicyclic) bond motifs is 1. The highest BCUT2D eigenvalue weighted by molar-refractivity contribution is 5.95. The molecule has 1 atom stereocenters. The number of terminal acetylenes is 1. The molecule has 2 aliphatic rings.